The molecular weight excluding hydrogens is 274 g/mol. The molecule has 0 radical (unpaired) electrons. The molecule has 4 nitrogen and oxygen atoms in total. The molecule has 2 heterocycles. The lowest BCUT2D eigenvalue weighted by molar-refractivity contribution is 0.194. The Balaban J connectivity index is 1.42. The minimum absolute atomic E-state index is 0.120. The van der Waals surface area contributed by atoms with E-state index in [1.807, 2.05) is 4.90 Å². The number of hydrogen-bond acceptors (Lipinski definition) is 2. The van der Waals surface area contributed by atoms with Crippen molar-refractivity contribution in [3.8, 4) is 0 Å². The van der Waals surface area contributed by atoms with Gasteiger partial charge in [-0.1, -0.05) is 30.3 Å². The SMILES string of the molecule is O=C(NCCN1CCC[C@@H](c2ccccc2)C1)N1CCCC1. The lowest BCUT2D eigenvalue weighted by Crippen LogP contribution is -2.43. The Morgan fingerprint density at radius 3 is 2.64 bits per heavy atom. The zero-order chi connectivity index (χ0) is 15.2. The number of amides is 2. The molecule has 2 aliphatic rings. The normalized spacial score (nSPS) is 22.7. The van der Waals surface area contributed by atoms with Crippen LogP contribution in [0.4, 0.5) is 4.79 Å². The van der Waals surface area contributed by atoms with E-state index < -0.39 is 0 Å². The first-order valence-corrected chi connectivity index (χ1v) is 8.63. The first-order chi connectivity index (χ1) is 10.8. The zero-order valence-corrected chi connectivity index (χ0v) is 13.3. The van der Waals surface area contributed by atoms with E-state index in [1.54, 1.807) is 0 Å². The quantitative estimate of drug-likeness (QED) is 0.928. The van der Waals surface area contributed by atoms with Crippen LogP contribution in [0.5, 0.6) is 0 Å². The Labute approximate surface area is 133 Å². The second-order valence-corrected chi connectivity index (χ2v) is 6.48. The third-order valence-electron chi connectivity index (χ3n) is 4.87. The van der Waals surface area contributed by atoms with Crippen molar-refractivity contribution in [1.82, 2.24) is 15.1 Å². The molecule has 2 saturated heterocycles. The number of nitrogens with zero attached hydrogens (tertiary/aromatic N) is 2. The van der Waals surface area contributed by atoms with E-state index >= 15 is 0 Å². The van der Waals surface area contributed by atoms with Gasteiger partial charge >= 0.3 is 6.03 Å². The van der Waals surface area contributed by atoms with Crippen LogP contribution >= 0.6 is 0 Å². The van der Waals surface area contributed by atoms with Crippen molar-refractivity contribution in [2.45, 2.75) is 31.6 Å². The fourth-order valence-corrected chi connectivity index (χ4v) is 3.61. The van der Waals surface area contributed by atoms with E-state index in [1.165, 1.54) is 18.4 Å². The van der Waals surface area contributed by atoms with Gasteiger partial charge in [-0.2, -0.15) is 0 Å². The van der Waals surface area contributed by atoms with Gasteiger partial charge in [0.05, 0.1) is 0 Å². The maximum Gasteiger partial charge on any atom is 0.317 e. The molecule has 2 amide bonds. The van der Waals surface area contributed by atoms with Crippen molar-refractivity contribution in [3.05, 3.63) is 35.9 Å². The standard InChI is InChI=1S/C18H27N3O/c22-18(21-12-4-5-13-21)19-10-14-20-11-6-9-17(15-20)16-7-2-1-3-8-16/h1-3,7-8,17H,4-6,9-15H2,(H,19,22)/t17-/m1/s1. The minimum Gasteiger partial charge on any atom is -0.337 e. The Bertz CT molecular complexity index is 470. The molecule has 0 unspecified atom stereocenters. The van der Waals surface area contributed by atoms with Crippen molar-refractivity contribution in [3.63, 3.8) is 0 Å². The summed E-state index contributed by atoms with van der Waals surface area (Å²) in [7, 11) is 0. The minimum atomic E-state index is 0.120. The molecule has 120 valence electrons. The molecule has 22 heavy (non-hydrogen) atoms. The van der Waals surface area contributed by atoms with Crippen molar-refractivity contribution in [2.75, 3.05) is 39.3 Å². The lowest BCUT2D eigenvalue weighted by Gasteiger charge is -2.33. The van der Waals surface area contributed by atoms with Gasteiger partial charge in [-0.25, -0.2) is 4.79 Å². The second kappa shape index (κ2) is 7.63. The molecule has 3 rings (SSSR count). The number of likely N-dealkylation sites (tertiary alicyclic amines) is 2. The number of carbonyl (C=O) groups excluding carboxylic acids is 1. The van der Waals surface area contributed by atoms with Gasteiger partial charge < -0.3 is 15.1 Å². The lowest BCUT2D eigenvalue weighted by atomic mass is 9.91. The Morgan fingerprint density at radius 2 is 1.86 bits per heavy atom. The average Bonchev–Trinajstić information content (AvgIpc) is 3.10. The highest BCUT2D eigenvalue weighted by Gasteiger charge is 2.21. The molecule has 2 fully saturated rings. The van der Waals surface area contributed by atoms with Crippen LogP contribution in [-0.4, -0.2) is 55.1 Å². The Kier molecular flexibility index (Phi) is 5.33. The largest absolute Gasteiger partial charge is 0.337 e. The summed E-state index contributed by atoms with van der Waals surface area (Å²) in [6, 6.07) is 10.9. The van der Waals surface area contributed by atoms with E-state index in [0.29, 0.717) is 5.92 Å². The summed E-state index contributed by atoms with van der Waals surface area (Å²) in [4.78, 5) is 16.4. The van der Waals surface area contributed by atoms with E-state index in [2.05, 4.69) is 40.5 Å². The predicted octanol–water partition coefficient (Wildman–Crippen LogP) is 2.67. The molecule has 0 saturated carbocycles. The van der Waals surface area contributed by atoms with Crippen molar-refractivity contribution < 1.29 is 4.79 Å². The molecule has 0 bridgehead atoms. The molecule has 0 spiro atoms. The molecular formula is C18H27N3O. The van der Waals surface area contributed by atoms with Gasteiger partial charge in [0.2, 0.25) is 0 Å². The summed E-state index contributed by atoms with van der Waals surface area (Å²) >= 11 is 0. The maximum absolute atomic E-state index is 12.0. The van der Waals surface area contributed by atoms with Gasteiger partial charge in [-0.15, -0.1) is 0 Å². The summed E-state index contributed by atoms with van der Waals surface area (Å²) in [6.45, 7) is 5.84. The molecule has 1 N–H and O–H groups in total. The topological polar surface area (TPSA) is 35.6 Å². The number of urea groups is 1. The molecule has 0 aromatic heterocycles. The maximum atomic E-state index is 12.0. The highest BCUT2D eigenvalue weighted by Crippen LogP contribution is 2.26. The van der Waals surface area contributed by atoms with Gasteiger partial charge in [0, 0.05) is 32.7 Å². The second-order valence-electron chi connectivity index (χ2n) is 6.48. The van der Waals surface area contributed by atoms with Crippen LogP contribution in [0.2, 0.25) is 0 Å². The number of rotatable bonds is 4. The number of hydrogen-bond donors (Lipinski definition) is 1. The Morgan fingerprint density at radius 1 is 1.09 bits per heavy atom. The first kappa shape index (κ1) is 15.3. The smallest absolute Gasteiger partial charge is 0.317 e. The van der Waals surface area contributed by atoms with Crippen LogP contribution < -0.4 is 5.32 Å². The molecule has 2 aliphatic heterocycles. The number of piperidine rings is 1. The van der Waals surface area contributed by atoms with Gasteiger partial charge in [-0.05, 0) is 43.7 Å². The van der Waals surface area contributed by atoms with Crippen molar-refractivity contribution in [1.29, 1.82) is 0 Å². The predicted molar refractivity (Wildman–Crippen MR) is 89.1 cm³/mol. The van der Waals surface area contributed by atoms with Crippen LogP contribution in [0.25, 0.3) is 0 Å². The van der Waals surface area contributed by atoms with Crippen LogP contribution in [0.15, 0.2) is 30.3 Å². The molecule has 1 aromatic rings. The van der Waals surface area contributed by atoms with E-state index in [9.17, 15) is 4.79 Å². The molecule has 1 atom stereocenters. The summed E-state index contributed by atoms with van der Waals surface area (Å²) in [5.41, 5.74) is 1.45. The number of carbonyl (C=O) groups is 1. The number of benzene rings is 1. The summed E-state index contributed by atoms with van der Waals surface area (Å²) in [5, 5.41) is 3.07. The third kappa shape index (κ3) is 4.01. The fraction of sp³-hybridized carbons (Fsp3) is 0.611. The Hall–Kier alpha value is -1.55. The summed E-state index contributed by atoms with van der Waals surface area (Å²) in [6.07, 6.45) is 4.83. The van der Waals surface area contributed by atoms with Gasteiger partial charge in [0.15, 0.2) is 0 Å². The number of nitrogens with one attached hydrogen (secondary N) is 1. The van der Waals surface area contributed by atoms with Gasteiger partial charge in [-0.3, -0.25) is 0 Å². The third-order valence-corrected chi connectivity index (χ3v) is 4.87. The summed E-state index contributed by atoms with van der Waals surface area (Å²) < 4.78 is 0. The van der Waals surface area contributed by atoms with Crippen LogP contribution in [0.1, 0.15) is 37.2 Å². The molecule has 0 aliphatic carbocycles. The van der Waals surface area contributed by atoms with Crippen molar-refractivity contribution >= 4 is 6.03 Å². The van der Waals surface area contributed by atoms with Crippen LogP contribution in [0.3, 0.4) is 0 Å². The van der Waals surface area contributed by atoms with E-state index in [4.69, 9.17) is 0 Å². The van der Waals surface area contributed by atoms with Crippen molar-refractivity contribution in [2.24, 2.45) is 0 Å². The first-order valence-electron chi connectivity index (χ1n) is 8.63. The van der Waals surface area contributed by atoms with Gasteiger partial charge in [0.25, 0.3) is 0 Å². The highest BCUT2D eigenvalue weighted by molar-refractivity contribution is 5.74. The summed E-state index contributed by atoms with van der Waals surface area (Å²) in [5.74, 6) is 0.643. The van der Waals surface area contributed by atoms with E-state index in [-0.39, 0.29) is 6.03 Å². The monoisotopic (exact) mass is 301 g/mol. The molecule has 4 heteroatoms. The van der Waals surface area contributed by atoms with Crippen LogP contribution in [-0.2, 0) is 0 Å². The zero-order valence-electron chi connectivity index (χ0n) is 13.3. The highest BCUT2D eigenvalue weighted by atomic mass is 16.2. The van der Waals surface area contributed by atoms with Crippen LogP contribution in [0, 0.1) is 0 Å². The van der Waals surface area contributed by atoms with E-state index in [0.717, 1.165) is 52.1 Å². The fourth-order valence-electron chi connectivity index (χ4n) is 3.61. The average molecular weight is 301 g/mol. The molecule has 1 aromatic carbocycles. The van der Waals surface area contributed by atoms with Gasteiger partial charge in [0.1, 0.15) is 0 Å².